The van der Waals surface area contributed by atoms with Crippen molar-refractivity contribution in [3.8, 4) is 0 Å². The van der Waals surface area contributed by atoms with Gasteiger partial charge in [-0.05, 0) is 20.8 Å². The largest absolute Gasteiger partial charge is 0.465 e. The summed E-state index contributed by atoms with van der Waals surface area (Å²) in [6.45, 7) is 13.2. The van der Waals surface area contributed by atoms with E-state index >= 15 is 0 Å². The second-order valence-corrected chi connectivity index (χ2v) is 10.9. The summed E-state index contributed by atoms with van der Waals surface area (Å²) in [5.74, 6) is -0.359. The Hall–Kier alpha value is -1.56. The van der Waals surface area contributed by atoms with Crippen molar-refractivity contribution >= 4 is 13.6 Å². The van der Waals surface area contributed by atoms with Gasteiger partial charge in [-0.1, -0.05) is 5.21 Å². The number of carbonyl (C=O) groups is 1. The predicted octanol–water partition coefficient (Wildman–Crippen LogP) is 1.74. The number of aromatic nitrogens is 3. The first-order valence-corrected chi connectivity index (χ1v) is 16.8. The molecule has 0 aromatic carbocycles. The van der Waals surface area contributed by atoms with E-state index < -0.39 is 7.60 Å². The molecule has 0 aliphatic rings. The van der Waals surface area contributed by atoms with E-state index in [1.165, 1.54) is 4.68 Å². The predicted molar refractivity (Wildman–Crippen MR) is 158 cm³/mol. The molecule has 1 rings (SSSR count). The van der Waals surface area contributed by atoms with E-state index in [0.717, 1.165) is 0 Å². The SMILES string of the molecule is CCOC(=O)Cn1cc(COCCOCCOCCOCCOCCOCCOCCOCCP(=O)(OCC)OCC)nn1. The summed E-state index contributed by atoms with van der Waals surface area (Å²) in [6, 6.07) is 0. The number of nitrogens with zero attached hydrogens (tertiary/aromatic N) is 3. The van der Waals surface area contributed by atoms with Crippen LogP contribution in [-0.4, -0.2) is 146 Å². The lowest BCUT2D eigenvalue weighted by molar-refractivity contribution is -0.144. The maximum Gasteiger partial charge on any atom is 0.332 e. The Balaban J connectivity index is 1.75. The standard InChI is InChI=1S/C27H52N3O13P/c1-4-41-27(31)24-30-23-26(28-29-30)25-40-20-19-38-16-15-36-12-11-34-8-7-33-9-10-35-13-14-37-17-18-39-21-22-44(32,42-5-2)43-6-3/h23H,4-22,24-25H2,1-3H3. The van der Waals surface area contributed by atoms with Crippen molar-refractivity contribution in [2.75, 3.05) is 125 Å². The Kier molecular flexibility index (Phi) is 26.6. The van der Waals surface area contributed by atoms with Crippen molar-refractivity contribution in [1.82, 2.24) is 15.0 Å². The van der Waals surface area contributed by atoms with E-state index in [0.29, 0.717) is 118 Å². The zero-order valence-corrected chi connectivity index (χ0v) is 27.4. The zero-order valence-electron chi connectivity index (χ0n) is 26.5. The van der Waals surface area contributed by atoms with Gasteiger partial charge in [-0.3, -0.25) is 9.36 Å². The molecule has 0 unspecified atom stereocenters. The fourth-order valence-corrected chi connectivity index (χ4v) is 4.75. The maximum atomic E-state index is 12.3. The molecule has 16 nitrogen and oxygen atoms in total. The highest BCUT2D eigenvalue weighted by molar-refractivity contribution is 7.53. The van der Waals surface area contributed by atoms with Crippen LogP contribution < -0.4 is 0 Å². The van der Waals surface area contributed by atoms with Gasteiger partial charge in [0.15, 0.2) is 0 Å². The first kappa shape index (κ1) is 40.5. The Bertz CT molecular complexity index is 840. The number of esters is 1. The van der Waals surface area contributed by atoms with Crippen LogP contribution in [0, 0.1) is 0 Å². The number of carbonyl (C=O) groups excluding carboxylic acids is 1. The summed E-state index contributed by atoms with van der Waals surface area (Å²) < 4.78 is 72.6. The molecule has 0 fully saturated rings. The molecule has 0 amide bonds. The summed E-state index contributed by atoms with van der Waals surface area (Å²) in [5.41, 5.74) is 0.625. The minimum absolute atomic E-state index is 0.0236. The molecule has 1 heterocycles. The number of rotatable bonds is 33. The fourth-order valence-electron chi connectivity index (χ4n) is 3.27. The van der Waals surface area contributed by atoms with Gasteiger partial charge in [0.2, 0.25) is 0 Å². The van der Waals surface area contributed by atoms with E-state index in [4.69, 9.17) is 51.7 Å². The van der Waals surface area contributed by atoms with Gasteiger partial charge in [-0.15, -0.1) is 5.10 Å². The molecule has 0 saturated heterocycles. The van der Waals surface area contributed by atoms with Crippen LogP contribution in [0.25, 0.3) is 0 Å². The summed E-state index contributed by atoms with van der Waals surface area (Å²) in [7, 11) is -3.06. The van der Waals surface area contributed by atoms with Crippen LogP contribution in [0.3, 0.4) is 0 Å². The average molecular weight is 658 g/mol. The minimum Gasteiger partial charge on any atom is -0.465 e. The number of hydrogen-bond acceptors (Lipinski definition) is 15. The van der Waals surface area contributed by atoms with Crippen LogP contribution in [0.2, 0.25) is 0 Å². The topological polar surface area (TPSA) is 166 Å². The van der Waals surface area contributed by atoms with E-state index in [9.17, 15) is 9.36 Å². The lowest BCUT2D eigenvalue weighted by atomic mass is 10.5. The third kappa shape index (κ3) is 23.8. The Morgan fingerprint density at radius 2 is 1.05 bits per heavy atom. The summed E-state index contributed by atoms with van der Waals surface area (Å²) >= 11 is 0. The van der Waals surface area contributed by atoms with Crippen molar-refractivity contribution < 1.29 is 61.0 Å². The maximum absolute atomic E-state index is 12.3. The molecule has 1 aromatic heterocycles. The normalized spacial score (nSPS) is 11.8. The molecule has 44 heavy (non-hydrogen) atoms. The molecule has 0 radical (unpaired) electrons. The molecule has 17 heteroatoms. The van der Waals surface area contributed by atoms with Gasteiger partial charge in [0.05, 0.1) is 138 Å². The van der Waals surface area contributed by atoms with Crippen LogP contribution >= 0.6 is 7.60 Å². The van der Waals surface area contributed by atoms with E-state index in [1.807, 2.05) is 0 Å². The molecule has 0 aliphatic carbocycles. The summed E-state index contributed by atoms with van der Waals surface area (Å²) in [5, 5.41) is 7.81. The van der Waals surface area contributed by atoms with Crippen molar-refractivity contribution in [1.29, 1.82) is 0 Å². The summed E-state index contributed by atoms with van der Waals surface area (Å²) in [4.78, 5) is 11.4. The molecule has 258 valence electrons. The molecule has 0 saturated carbocycles. The van der Waals surface area contributed by atoms with Crippen molar-refractivity contribution in [2.24, 2.45) is 0 Å². The Morgan fingerprint density at radius 3 is 1.45 bits per heavy atom. The average Bonchev–Trinajstić information content (AvgIpc) is 3.44. The van der Waals surface area contributed by atoms with Gasteiger partial charge in [-0.25, -0.2) is 4.68 Å². The van der Waals surface area contributed by atoms with Crippen molar-refractivity contribution in [3.63, 3.8) is 0 Å². The van der Waals surface area contributed by atoms with Crippen LogP contribution in [0.4, 0.5) is 0 Å². The van der Waals surface area contributed by atoms with Gasteiger partial charge in [-0.2, -0.15) is 0 Å². The van der Waals surface area contributed by atoms with Crippen LogP contribution in [0.15, 0.2) is 6.20 Å². The molecular weight excluding hydrogens is 605 g/mol. The smallest absolute Gasteiger partial charge is 0.332 e. The first-order chi connectivity index (χ1) is 21.5. The fraction of sp³-hybridized carbons (Fsp3) is 0.889. The monoisotopic (exact) mass is 657 g/mol. The van der Waals surface area contributed by atoms with E-state index in [-0.39, 0.29) is 31.9 Å². The van der Waals surface area contributed by atoms with E-state index in [2.05, 4.69) is 10.3 Å². The molecule has 0 aliphatic heterocycles. The van der Waals surface area contributed by atoms with Gasteiger partial charge >= 0.3 is 13.6 Å². The summed E-state index contributed by atoms with van der Waals surface area (Å²) in [6.07, 6.45) is 1.87. The van der Waals surface area contributed by atoms with Crippen LogP contribution in [0.1, 0.15) is 26.5 Å². The van der Waals surface area contributed by atoms with E-state index in [1.54, 1.807) is 27.0 Å². The highest BCUT2D eigenvalue weighted by Crippen LogP contribution is 2.47. The van der Waals surface area contributed by atoms with Gasteiger partial charge < -0.3 is 51.7 Å². The minimum atomic E-state index is -3.06. The zero-order chi connectivity index (χ0) is 32.0. The Morgan fingerprint density at radius 1 is 0.636 bits per heavy atom. The third-order valence-electron chi connectivity index (χ3n) is 5.20. The second kappa shape index (κ2) is 28.9. The lowest BCUT2D eigenvalue weighted by Crippen LogP contribution is -2.15. The van der Waals surface area contributed by atoms with Crippen LogP contribution in [0.5, 0.6) is 0 Å². The van der Waals surface area contributed by atoms with Crippen LogP contribution in [-0.2, 0) is 74.2 Å². The second-order valence-electron chi connectivity index (χ2n) is 8.72. The quantitative estimate of drug-likeness (QED) is 0.0609. The lowest BCUT2D eigenvalue weighted by Gasteiger charge is -2.16. The number of hydrogen-bond donors (Lipinski definition) is 0. The van der Waals surface area contributed by atoms with Gasteiger partial charge in [0, 0.05) is 0 Å². The molecule has 0 N–H and O–H groups in total. The molecule has 0 spiro atoms. The molecular formula is C27H52N3O13P. The molecule has 1 aromatic rings. The molecule has 0 atom stereocenters. The highest BCUT2D eigenvalue weighted by atomic mass is 31.2. The Labute approximate surface area is 260 Å². The van der Waals surface area contributed by atoms with Crippen molar-refractivity contribution in [3.05, 3.63) is 11.9 Å². The van der Waals surface area contributed by atoms with Gasteiger partial charge in [0.1, 0.15) is 12.2 Å². The number of ether oxygens (including phenoxy) is 9. The highest BCUT2D eigenvalue weighted by Gasteiger charge is 2.22. The van der Waals surface area contributed by atoms with Gasteiger partial charge in [0.25, 0.3) is 0 Å². The first-order valence-electron chi connectivity index (χ1n) is 15.1. The molecule has 0 bridgehead atoms. The van der Waals surface area contributed by atoms with Crippen molar-refractivity contribution in [2.45, 2.75) is 33.9 Å². The third-order valence-corrected chi connectivity index (χ3v) is 7.23.